The molecule has 0 saturated heterocycles. The van der Waals surface area contributed by atoms with Crippen LogP contribution < -0.4 is 4.90 Å². The summed E-state index contributed by atoms with van der Waals surface area (Å²) in [5.74, 6) is 0. The lowest BCUT2D eigenvalue weighted by Gasteiger charge is -2.21. The monoisotopic (exact) mass is 255 g/mol. The Kier molecular flexibility index (Phi) is 4.58. The van der Waals surface area contributed by atoms with E-state index in [0.717, 1.165) is 18.5 Å². The minimum absolute atomic E-state index is 0.397. The summed E-state index contributed by atoms with van der Waals surface area (Å²) >= 11 is 0. The van der Waals surface area contributed by atoms with E-state index >= 15 is 0 Å². The van der Waals surface area contributed by atoms with Gasteiger partial charge in [0.25, 0.3) is 0 Å². The SMILES string of the molecule is Cc1ccc(C(O)CCN(C)c2ccccc2)cc1. The first kappa shape index (κ1) is 13.6. The highest BCUT2D eigenvalue weighted by atomic mass is 16.3. The Labute approximate surface area is 115 Å². The summed E-state index contributed by atoms with van der Waals surface area (Å²) in [5.41, 5.74) is 3.39. The molecule has 1 atom stereocenters. The number of rotatable bonds is 5. The molecule has 0 aliphatic heterocycles. The molecule has 2 nitrogen and oxygen atoms in total. The van der Waals surface area contributed by atoms with Crippen molar-refractivity contribution in [2.24, 2.45) is 0 Å². The van der Waals surface area contributed by atoms with Gasteiger partial charge in [-0.05, 0) is 31.0 Å². The molecule has 0 fully saturated rings. The summed E-state index contributed by atoms with van der Waals surface area (Å²) < 4.78 is 0. The lowest BCUT2D eigenvalue weighted by atomic mass is 10.0. The van der Waals surface area contributed by atoms with Crippen LogP contribution in [0.25, 0.3) is 0 Å². The van der Waals surface area contributed by atoms with Gasteiger partial charge in [0.2, 0.25) is 0 Å². The first-order valence-electron chi connectivity index (χ1n) is 6.67. The van der Waals surface area contributed by atoms with Crippen molar-refractivity contribution in [3.63, 3.8) is 0 Å². The standard InChI is InChI=1S/C17H21NO/c1-14-8-10-15(11-9-14)17(19)12-13-18(2)16-6-4-3-5-7-16/h3-11,17,19H,12-13H2,1-2H3. The molecule has 1 unspecified atom stereocenters. The molecule has 0 amide bonds. The number of para-hydroxylation sites is 1. The van der Waals surface area contributed by atoms with Crippen LogP contribution in [0.5, 0.6) is 0 Å². The molecule has 19 heavy (non-hydrogen) atoms. The van der Waals surface area contributed by atoms with Gasteiger partial charge in [0.1, 0.15) is 0 Å². The fraction of sp³-hybridized carbons (Fsp3) is 0.294. The Bertz CT molecular complexity index is 492. The average molecular weight is 255 g/mol. The van der Waals surface area contributed by atoms with E-state index in [9.17, 15) is 5.11 Å². The van der Waals surface area contributed by atoms with Gasteiger partial charge in [0.05, 0.1) is 6.10 Å². The van der Waals surface area contributed by atoms with Gasteiger partial charge in [0, 0.05) is 19.3 Å². The second-order valence-corrected chi connectivity index (χ2v) is 4.97. The second-order valence-electron chi connectivity index (χ2n) is 4.97. The van der Waals surface area contributed by atoms with Crippen LogP contribution in [-0.2, 0) is 0 Å². The zero-order valence-electron chi connectivity index (χ0n) is 11.6. The molecule has 0 saturated carbocycles. The maximum Gasteiger partial charge on any atom is 0.0806 e. The fourth-order valence-corrected chi connectivity index (χ4v) is 2.08. The van der Waals surface area contributed by atoms with E-state index in [0.29, 0.717) is 0 Å². The number of hydrogen-bond donors (Lipinski definition) is 1. The van der Waals surface area contributed by atoms with Crippen LogP contribution in [0.3, 0.4) is 0 Å². The van der Waals surface area contributed by atoms with Crippen LogP contribution in [0.1, 0.15) is 23.7 Å². The number of aryl methyl sites for hydroxylation is 1. The fourth-order valence-electron chi connectivity index (χ4n) is 2.08. The molecular weight excluding hydrogens is 234 g/mol. The summed E-state index contributed by atoms with van der Waals surface area (Å²) in [6.07, 6.45) is 0.334. The van der Waals surface area contributed by atoms with E-state index in [-0.39, 0.29) is 0 Å². The van der Waals surface area contributed by atoms with E-state index < -0.39 is 6.10 Å². The molecule has 0 aliphatic carbocycles. The summed E-state index contributed by atoms with van der Waals surface area (Å²) in [6, 6.07) is 18.3. The first-order chi connectivity index (χ1) is 9.16. The predicted molar refractivity (Wildman–Crippen MR) is 80.5 cm³/mol. The zero-order chi connectivity index (χ0) is 13.7. The second kappa shape index (κ2) is 6.39. The Morgan fingerprint density at radius 3 is 2.26 bits per heavy atom. The third-order valence-electron chi connectivity index (χ3n) is 3.40. The van der Waals surface area contributed by atoms with Gasteiger partial charge in [0.15, 0.2) is 0 Å². The van der Waals surface area contributed by atoms with Crippen molar-refractivity contribution < 1.29 is 5.11 Å². The molecule has 0 aliphatic rings. The summed E-state index contributed by atoms with van der Waals surface area (Å²) in [4.78, 5) is 2.16. The molecule has 0 radical (unpaired) electrons. The molecule has 0 heterocycles. The third kappa shape index (κ3) is 3.83. The van der Waals surface area contributed by atoms with E-state index in [1.807, 2.05) is 42.5 Å². The van der Waals surface area contributed by atoms with Gasteiger partial charge in [-0.3, -0.25) is 0 Å². The summed E-state index contributed by atoms with van der Waals surface area (Å²) in [7, 11) is 2.05. The molecule has 0 aromatic heterocycles. The molecule has 0 spiro atoms. The van der Waals surface area contributed by atoms with Crippen molar-refractivity contribution in [3.05, 3.63) is 65.7 Å². The van der Waals surface area contributed by atoms with Crippen molar-refractivity contribution in [2.75, 3.05) is 18.5 Å². The van der Waals surface area contributed by atoms with Gasteiger partial charge >= 0.3 is 0 Å². The minimum Gasteiger partial charge on any atom is -0.388 e. The normalized spacial score (nSPS) is 12.2. The highest BCUT2D eigenvalue weighted by molar-refractivity contribution is 5.44. The largest absolute Gasteiger partial charge is 0.388 e. The van der Waals surface area contributed by atoms with Crippen molar-refractivity contribution >= 4 is 5.69 Å². The van der Waals surface area contributed by atoms with Gasteiger partial charge in [-0.15, -0.1) is 0 Å². The number of nitrogens with zero attached hydrogens (tertiary/aromatic N) is 1. The van der Waals surface area contributed by atoms with Gasteiger partial charge in [-0.1, -0.05) is 48.0 Å². The van der Waals surface area contributed by atoms with Crippen LogP contribution in [-0.4, -0.2) is 18.7 Å². The average Bonchev–Trinajstić information content (AvgIpc) is 2.46. The van der Waals surface area contributed by atoms with Crippen LogP contribution in [0.2, 0.25) is 0 Å². The van der Waals surface area contributed by atoms with Crippen molar-refractivity contribution in [1.82, 2.24) is 0 Å². The molecular formula is C17H21NO. The highest BCUT2D eigenvalue weighted by Gasteiger charge is 2.09. The predicted octanol–water partition coefficient (Wildman–Crippen LogP) is 3.55. The highest BCUT2D eigenvalue weighted by Crippen LogP contribution is 2.19. The van der Waals surface area contributed by atoms with E-state index in [4.69, 9.17) is 0 Å². The van der Waals surface area contributed by atoms with E-state index in [1.54, 1.807) is 0 Å². The first-order valence-corrected chi connectivity index (χ1v) is 6.67. The number of benzene rings is 2. The number of hydrogen-bond acceptors (Lipinski definition) is 2. The third-order valence-corrected chi connectivity index (χ3v) is 3.40. The number of anilines is 1. The molecule has 2 heteroatoms. The Balaban J connectivity index is 1.90. The van der Waals surface area contributed by atoms with Crippen LogP contribution >= 0.6 is 0 Å². The maximum atomic E-state index is 10.2. The molecule has 100 valence electrons. The Morgan fingerprint density at radius 2 is 1.63 bits per heavy atom. The van der Waals surface area contributed by atoms with Crippen LogP contribution in [0.4, 0.5) is 5.69 Å². The van der Waals surface area contributed by atoms with Crippen molar-refractivity contribution in [1.29, 1.82) is 0 Å². The molecule has 2 aromatic rings. The topological polar surface area (TPSA) is 23.5 Å². The lowest BCUT2D eigenvalue weighted by Crippen LogP contribution is -2.20. The quantitative estimate of drug-likeness (QED) is 0.883. The van der Waals surface area contributed by atoms with E-state index in [1.165, 1.54) is 11.3 Å². The summed E-state index contributed by atoms with van der Waals surface area (Å²) in [6.45, 7) is 2.89. The Hall–Kier alpha value is -1.80. The van der Waals surface area contributed by atoms with Gasteiger partial charge in [-0.25, -0.2) is 0 Å². The van der Waals surface area contributed by atoms with Gasteiger partial charge < -0.3 is 10.0 Å². The van der Waals surface area contributed by atoms with Crippen molar-refractivity contribution in [3.8, 4) is 0 Å². The molecule has 0 bridgehead atoms. The van der Waals surface area contributed by atoms with Crippen LogP contribution in [0.15, 0.2) is 54.6 Å². The molecule has 1 N–H and O–H groups in total. The van der Waals surface area contributed by atoms with Crippen molar-refractivity contribution in [2.45, 2.75) is 19.4 Å². The minimum atomic E-state index is -0.397. The van der Waals surface area contributed by atoms with E-state index in [2.05, 4.69) is 31.0 Å². The number of aliphatic hydroxyl groups is 1. The van der Waals surface area contributed by atoms with Gasteiger partial charge in [-0.2, -0.15) is 0 Å². The summed E-state index contributed by atoms with van der Waals surface area (Å²) in [5, 5.41) is 10.2. The molecule has 2 rings (SSSR count). The maximum absolute atomic E-state index is 10.2. The number of aliphatic hydroxyl groups excluding tert-OH is 1. The Morgan fingerprint density at radius 1 is 1.00 bits per heavy atom. The van der Waals surface area contributed by atoms with Crippen LogP contribution in [0, 0.1) is 6.92 Å². The lowest BCUT2D eigenvalue weighted by molar-refractivity contribution is 0.170. The zero-order valence-corrected chi connectivity index (χ0v) is 11.6. The molecule has 2 aromatic carbocycles. The smallest absolute Gasteiger partial charge is 0.0806 e.